The normalized spacial score (nSPS) is 19.1. The van der Waals surface area contributed by atoms with Crippen molar-refractivity contribution in [2.75, 3.05) is 18.5 Å². The fourth-order valence-corrected chi connectivity index (χ4v) is 2.00. The van der Waals surface area contributed by atoms with E-state index in [0.717, 1.165) is 6.07 Å². The number of nitrogens with zero attached hydrogens (tertiary/aromatic N) is 1. The van der Waals surface area contributed by atoms with Crippen LogP contribution in [0.25, 0.3) is 0 Å². The van der Waals surface area contributed by atoms with Crippen molar-refractivity contribution < 1.29 is 13.6 Å². The maximum Gasteiger partial charge on any atom is 0.248 e. The number of halogens is 2. The first-order chi connectivity index (χ1) is 7.56. The van der Waals surface area contributed by atoms with Gasteiger partial charge in [-0.15, -0.1) is 0 Å². The van der Waals surface area contributed by atoms with Crippen LogP contribution >= 0.6 is 0 Å². The molecule has 16 heavy (non-hydrogen) atoms. The fourth-order valence-electron chi connectivity index (χ4n) is 2.00. The first-order valence-electron chi connectivity index (χ1n) is 5.06. The minimum absolute atomic E-state index is 0.164. The van der Waals surface area contributed by atoms with Gasteiger partial charge in [0.05, 0.1) is 5.69 Å². The molecule has 1 N–H and O–H groups in total. The molecule has 0 radical (unpaired) electrons. The summed E-state index contributed by atoms with van der Waals surface area (Å²) in [6, 6.07) is 1.35. The van der Waals surface area contributed by atoms with Gasteiger partial charge in [-0.1, -0.05) is 6.92 Å². The van der Waals surface area contributed by atoms with Gasteiger partial charge in [0.2, 0.25) is 5.91 Å². The van der Waals surface area contributed by atoms with E-state index in [2.05, 4.69) is 5.32 Å². The molecule has 1 amide bonds. The third kappa shape index (κ3) is 1.48. The molecule has 0 saturated heterocycles. The molecular formula is C11H12F2N2O. The molecule has 1 aliphatic heterocycles. The maximum atomic E-state index is 13.5. The topological polar surface area (TPSA) is 32.3 Å². The van der Waals surface area contributed by atoms with Crippen LogP contribution in [-0.2, 0) is 4.79 Å². The Balaban J connectivity index is 2.56. The highest BCUT2D eigenvalue weighted by atomic mass is 19.1. The van der Waals surface area contributed by atoms with Crippen molar-refractivity contribution >= 4 is 11.6 Å². The van der Waals surface area contributed by atoms with Crippen LogP contribution in [0.5, 0.6) is 0 Å². The van der Waals surface area contributed by atoms with Gasteiger partial charge in [-0.2, -0.15) is 0 Å². The number of likely N-dealkylation sites (N-methyl/N-ethyl adjacent to an activating group) is 2. The molecule has 0 spiro atoms. The van der Waals surface area contributed by atoms with Crippen molar-refractivity contribution in [3.8, 4) is 0 Å². The number of benzene rings is 1. The quantitative estimate of drug-likeness (QED) is 0.830. The lowest BCUT2D eigenvalue weighted by Crippen LogP contribution is -2.32. The van der Waals surface area contributed by atoms with E-state index in [4.69, 9.17) is 0 Å². The van der Waals surface area contributed by atoms with Gasteiger partial charge in [-0.3, -0.25) is 4.79 Å². The van der Waals surface area contributed by atoms with Crippen molar-refractivity contribution in [3.63, 3.8) is 0 Å². The molecular weight excluding hydrogens is 214 g/mol. The fraction of sp³-hybridized carbons (Fsp3) is 0.364. The van der Waals surface area contributed by atoms with Crippen LogP contribution in [0.2, 0.25) is 0 Å². The highest BCUT2D eigenvalue weighted by Gasteiger charge is 2.37. The second-order valence-corrected chi connectivity index (χ2v) is 3.71. The number of rotatable bonds is 2. The Morgan fingerprint density at radius 2 is 2.12 bits per heavy atom. The molecule has 3 nitrogen and oxygen atoms in total. The minimum atomic E-state index is -0.703. The van der Waals surface area contributed by atoms with Crippen molar-refractivity contribution in [2.45, 2.75) is 13.0 Å². The summed E-state index contributed by atoms with van der Waals surface area (Å²) in [4.78, 5) is 13.0. The molecule has 1 aromatic carbocycles. The van der Waals surface area contributed by atoms with E-state index < -0.39 is 17.7 Å². The summed E-state index contributed by atoms with van der Waals surface area (Å²) < 4.78 is 26.6. The van der Waals surface area contributed by atoms with Crippen LogP contribution in [0.3, 0.4) is 0 Å². The van der Waals surface area contributed by atoms with Crippen LogP contribution in [0.15, 0.2) is 12.1 Å². The predicted octanol–water partition coefficient (Wildman–Crippen LogP) is 1.59. The summed E-state index contributed by atoms with van der Waals surface area (Å²) in [6.45, 7) is 2.39. The van der Waals surface area contributed by atoms with Crippen LogP contribution in [0, 0.1) is 11.6 Å². The Hall–Kier alpha value is -1.49. The number of hydrogen-bond donors (Lipinski definition) is 1. The molecule has 5 heteroatoms. The second-order valence-electron chi connectivity index (χ2n) is 3.71. The summed E-state index contributed by atoms with van der Waals surface area (Å²) in [6.07, 6.45) is 0. The van der Waals surface area contributed by atoms with Gasteiger partial charge in [-0.25, -0.2) is 8.78 Å². The van der Waals surface area contributed by atoms with E-state index in [1.807, 2.05) is 6.92 Å². The third-order valence-corrected chi connectivity index (χ3v) is 2.69. The molecule has 0 aromatic heterocycles. The van der Waals surface area contributed by atoms with E-state index in [0.29, 0.717) is 12.1 Å². The van der Waals surface area contributed by atoms with E-state index in [-0.39, 0.29) is 11.6 Å². The van der Waals surface area contributed by atoms with Crippen molar-refractivity contribution in [1.82, 2.24) is 5.32 Å². The zero-order valence-electron chi connectivity index (χ0n) is 9.05. The molecule has 2 rings (SSSR count). The Kier molecular flexibility index (Phi) is 2.63. The average molecular weight is 226 g/mol. The van der Waals surface area contributed by atoms with Gasteiger partial charge in [0.15, 0.2) is 0 Å². The maximum absolute atomic E-state index is 13.5. The van der Waals surface area contributed by atoms with Crippen LogP contribution < -0.4 is 10.2 Å². The zero-order chi connectivity index (χ0) is 11.9. The summed E-state index contributed by atoms with van der Waals surface area (Å²) in [5.74, 6) is -1.63. The molecule has 0 bridgehead atoms. The molecule has 1 heterocycles. The predicted molar refractivity (Wildman–Crippen MR) is 56.2 cm³/mol. The lowest BCUT2D eigenvalue weighted by Gasteiger charge is -2.11. The Labute approximate surface area is 92.1 Å². The molecule has 0 fully saturated rings. The Bertz CT molecular complexity index is 448. The zero-order valence-corrected chi connectivity index (χ0v) is 9.05. The number of carbonyl (C=O) groups is 1. The lowest BCUT2D eigenvalue weighted by atomic mass is 10.1. The van der Waals surface area contributed by atoms with E-state index in [1.165, 1.54) is 18.0 Å². The highest BCUT2D eigenvalue weighted by Crippen LogP contribution is 2.37. The third-order valence-electron chi connectivity index (χ3n) is 2.69. The van der Waals surface area contributed by atoms with E-state index >= 15 is 0 Å². The number of hydrogen-bond acceptors (Lipinski definition) is 2. The largest absolute Gasteiger partial charge is 0.311 e. The number of carbonyl (C=O) groups excluding carboxylic acids is 1. The molecule has 1 atom stereocenters. The molecule has 0 aliphatic carbocycles. The molecule has 86 valence electrons. The van der Waals surface area contributed by atoms with Gasteiger partial charge in [0, 0.05) is 18.7 Å². The molecule has 1 unspecified atom stereocenters. The van der Waals surface area contributed by atoms with E-state index in [1.54, 1.807) is 0 Å². The van der Waals surface area contributed by atoms with Gasteiger partial charge in [0.1, 0.15) is 17.7 Å². The summed E-state index contributed by atoms with van der Waals surface area (Å²) in [5.41, 5.74) is 0.532. The SMILES string of the molecule is CCNC1C(=O)N(C)c2c(F)cc(F)cc21. The van der Waals surface area contributed by atoms with Gasteiger partial charge < -0.3 is 10.2 Å². The monoisotopic (exact) mass is 226 g/mol. The Morgan fingerprint density at radius 3 is 2.75 bits per heavy atom. The van der Waals surface area contributed by atoms with Crippen LogP contribution in [0.1, 0.15) is 18.5 Å². The molecule has 0 saturated carbocycles. The number of fused-ring (bicyclic) bond motifs is 1. The number of anilines is 1. The second kappa shape index (κ2) is 3.83. The lowest BCUT2D eigenvalue weighted by molar-refractivity contribution is -0.119. The summed E-state index contributed by atoms with van der Waals surface area (Å²) in [7, 11) is 1.49. The molecule has 1 aromatic rings. The summed E-state index contributed by atoms with van der Waals surface area (Å²) in [5, 5.41) is 2.91. The first-order valence-corrected chi connectivity index (χ1v) is 5.06. The molecule has 1 aliphatic rings. The van der Waals surface area contributed by atoms with Gasteiger partial charge in [0.25, 0.3) is 0 Å². The Morgan fingerprint density at radius 1 is 1.44 bits per heavy atom. The smallest absolute Gasteiger partial charge is 0.248 e. The first kappa shape index (κ1) is 11.0. The van der Waals surface area contributed by atoms with Crippen molar-refractivity contribution in [3.05, 3.63) is 29.3 Å². The summed E-state index contributed by atoms with van der Waals surface area (Å²) >= 11 is 0. The number of nitrogens with one attached hydrogen (secondary N) is 1. The number of amides is 1. The van der Waals surface area contributed by atoms with Gasteiger partial charge in [-0.05, 0) is 12.6 Å². The van der Waals surface area contributed by atoms with Crippen LogP contribution in [-0.4, -0.2) is 19.5 Å². The average Bonchev–Trinajstić information content (AvgIpc) is 2.44. The highest BCUT2D eigenvalue weighted by molar-refractivity contribution is 6.04. The van der Waals surface area contributed by atoms with E-state index in [9.17, 15) is 13.6 Å². The van der Waals surface area contributed by atoms with Gasteiger partial charge >= 0.3 is 0 Å². The van der Waals surface area contributed by atoms with Crippen molar-refractivity contribution in [2.24, 2.45) is 0 Å². The standard InChI is InChI=1S/C11H12F2N2O/c1-3-14-9-7-4-6(12)5-8(13)10(7)15(2)11(9)16/h4-5,9,14H,3H2,1-2H3. The minimum Gasteiger partial charge on any atom is -0.311 e. The van der Waals surface area contributed by atoms with Crippen molar-refractivity contribution in [1.29, 1.82) is 0 Å². The van der Waals surface area contributed by atoms with Crippen LogP contribution in [0.4, 0.5) is 14.5 Å².